The predicted molar refractivity (Wildman–Crippen MR) is 72.1 cm³/mol. The van der Waals surface area contributed by atoms with E-state index in [0.717, 1.165) is 25.2 Å². The molecule has 17 heavy (non-hydrogen) atoms. The molecule has 0 fully saturated rings. The van der Waals surface area contributed by atoms with Crippen LogP contribution in [0.1, 0.15) is 20.3 Å². The summed E-state index contributed by atoms with van der Waals surface area (Å²) in [5.74, 6) is 0. The van der Waals surface area contributed by atoms with Crippen LogP contribution >= 0.6 is 0 Å². The average Bonchev–Trinajstić information content (AvgIpc) is 2.25. The molecule has 0 aliphatic carbocycles. The maximum atomic E-state index is 11.4. The van der Waals surface area contributed by atoms with Gasteiger partial charge in [-0.2, -0.15) is 0 Å². The first-order valence-corrected chi connectivity index (χ1v) is 7.63. The van der Waals surface area contributed by atoms with E-state index in [0.29, 0.717) is 5.69 Å². The van der Waals surface area contributed by atoms with Crippen LogP contribution < -0.4 is 10.6 Å². The van der Waals surface area contributed by atoms with Crippen LogP contribution in [0.3, 0.4) is 0 Å². The Morgan fingerprint density at radius 2 is 1.94 bits per heavy atom. The Morgan fingerprint density at radius 1 is 1.29 bits per heavy atom. The lowest BCUT2D eigenvalue weighted by Gasteiger charge is -2.24. The summed E-state index contributed by atoms with van der Waals surface area (Å²) >= 11 is 0. The zero-order chi connectivity index (χ0) is 13.1. The van der Waals surface area contributed by atoms with Crippen LogP contribution in [-0.4, -0.2) is 27.8 Å². The molecule has 0 radical (unpaired) electrons. The fraction of sp³-hybridized carbons (Fsp3) is 0.500. The lowest BCUT2D eigenvalue weighted by atomic mass is 10.2. The third-order valence-corrected chi connectivity index (χ3v) is 3.75. The molecule has 0 spiro atoms. The summed E-state index contributed by atoms with van der Waals surface area (Å²) < 4.78 is 22.8. The van der Waals surface area contributed by atoms with E-state index in [1.54, 1.807) is 12.1 Å². The van der Waals surface area contributed by atoms with Gasteiger partial charge in [-0.05, 0) is 31.5 Å². The van der Waals surface area contributed by atoms with Crippen molar-refractivity contribution in [2.45, 2.75) is 25.2 Å². The third kappa shape index (κ3) is 3.36. The minimum atomic E-state index is -3.19. The maximum absolute atomic E-state index is 11.4. The lowest BCUT2D eigenvalue weighted by molar-refractivity contribution is 0.602. The van der Waals surface area contributed by atoms with Gasteiger partial charge in [0, 0.05) is 19.3 Å². The minimum Gasteiger partial charge on any atom is -0.397 e. The number of hydrogen-bond acceptors (Lipinski definition) is 4. The normalized spacial score (nSPS) is 11.5. The van der Waals surface area contributed by atoms with Crippen LogP contribution in [0.25, 0.3) is 0 Å². The van der Waals surface area contributed by atoms with Crippen molar-refractivity contribution in [3.63, 3.8) is 0 Å². The summed E-state index contributed by atoms with van der Waals surface area (Å²) in [6.45, 7) is 5.93. The van der Waals surface area contributed by atoms with Gasteiger partial charge in [-0.15, -0.1) is 0 Å². The number of nitrogens with two attached hydrogens (primary N) is 1. The lowest BCUT2D eigenvalue weighted by Crippen LogP contribution is -2.24. The predicted octanol–water partition coefficient (Wildman–Crippen LogP) is 1.91. The molecule has 0 amide bonds. The number of nitrogen functional groups attached to an aromatic ring is 1. The Bertz CT molecular complexity index is 483. The van der Waals surface area contributed by atoms with Crippen molar-refractivity contribution in [2.75, 3.05) is 30.0 Å². The number of anilines is 2. The van der Waals surface area contributed by atoms with E-state index in [4.69, 9.17) is 5.73 Å². The first kappa shape index (κ1) is 13.8. The van der Waals surface area contributed by atoms with Gasteiger partial charge in [0.15, 0.2) is 9.84 Å². The topological polar surface area (TPSA) is 63.4 Å². The molecule has 1 aromatic carbocycles. The molecule has 5 heteroatoms. The SMILES string of the molecule is CCCN(CC)c1ccc(S(C)(=O)=O)cc1N. The van der Waals surface area contributed by atoms with Gasteiger partial charge in [0.25, 0.3) is 0 Å². The first-order valence-electron chi connectivity index (χ1n) is 5.74. The maximum Gasteiger partial charge on any atom is 0.175 e. The zero-order valence-corrected chi connectivity index (χ0v) is 11.4. The van der Waals surface area contributed by atoms with E-state index in [9.17, 15) is 8.42 Å². The number of benzene rings is 1. The van der Waals surface area contributed by atoms with Crippen molar-refractivity contribution in [1.29, 1.82) is 0 Å². The second kappa shape index (κ2) is 5.40. The monoisotopic (exact) mass is 256 g/mol. The Hall–Kier alpha value is -1.23. The standard InChI is InChI=1S/C12H20N2O2S/c1-4-8-14(5-2)12-7-6-10(9-11(12)13)17(3,15)16/h6-7,9H,4-5,8,13H2,1-3H3. The summed E-state index contributed by atoms with van der Waals surface area (Å²) in [5.41, 5.74) is 7.34. The van der Waals surface area contributed by atoms with Crippen LogP contribution in [0.4, 0.5) is 11.4 Å². The fourth-order valence-electron chi connectivity index (χ4n) is 1.77. The van der Waals surface area contributed by atoms with E-state index < -0.39 is 9.84 Å². The summed E-state index contributed by atoms with van der Waals surface area (Å²) in [7, 11) is -3.19. The number of hydrogen-bond donors (Lipinski definition) is 1. The Labute approximate surface area is 103 Å². The Kier molecular flexibility index (Phi) is 4.40. The highest BCUT2D eigenvalue weighted by molar-refractivity contribution is 7.90. The number of rotatable bonds is 5. The smallest absolute Gasteiger partial charge is 0.175 e. The molecule has 0 aliphatic rings. The second-order valence-corrected chi connectivity index (χ2v) is 6.09. The molecule has 0 saturated heterocycles. The van der Waals surface area contributed by atoms with E-state index >= 15 is 0 Å². The first-order chi connectivity index (χ1) is 7.90. The molecule has 0 saturated carbocycles. The van der Waals surface area contributed by atoms with E-state index in [2.05, 4.69) is 18.7 Å². The van der Waals surface area contributed by atoms with E-state index in [1.807, 2.05) is 0 Å². The largest absolute Gasteiger partial charge is 0.397 e. The molecule has 1 rings (SSSR count). The average molecular weight is 256 g/mol. The summed E-state index contributed by atoms with van der Waals surface area (Å²) in [6, 6.07) is 4.92. The minimum absolute atomic E-state index is 0.270. The van der Waals surface area contributed by atoms with Crippen molar-refractivity contribution in [3.8, 4) is 0 Å². The summed E-state index contributed by atoms with van der Waals surface area (Å²) in [4.78, 5) is 2.41. The molecule has 0 bridgehead atoms. The van der Waals surface area contributed by atoms with Gasteiger partial charge in [-0.25, -0.2) is 8.42 Å². The quantitative estimate of drug-likeness (QED) is 0.817. The van der Waals surface area contributed by atoms with Gasteiger partial charge in [0.2, 0.25) is 0 Å². The van der Waals surface area contributed by atoms with Crippen molar-refractivity contribution >= 4 is 21.2 Å². The molecule has 0 aliphatic heterocycles. The number of nitrogens with zero attached hydrogens (tertiary/aromatic N) is 1. The van der Waals surface area contributed by atoms with Crippen molar-refractivity contribution < 1.29 is 8.42 Å². The molecular formula is C12H20N2O2S. The van der Waals surface area contributed by atoms with Crippen molar-refractivity contribution in [1.82, 2.24) is 0 Å². The highest BCUT2D eigenvalue weighted by Gasteiger charge is 2.12. The second-order valence-electron chi connectivity index (χ2n) is 4.07. The molecule has 1 aromatic rings. The summed E-state index contributed by atoms with van der Waals surface area (Å²) in [5, 5.41) is 0. The Morgan fingerprint density at radius 3 is 2.35 bits per heavy atom. The van der Waals surface area contributed by atoms with Gasteiger partial charge in [-0.1, -0.05) is 6.92 Å². The van der Waals surface area contributed by atoms with Gasteiger partial charge in [-0.3, -0.25) is 0 Å². The third-order valence-electron chi connectivity index (χ3n) is 2.64. The van der Waals surface area contributed by atoms with E-state index in [-0.39, 0.29) is 4.90 Å². The van der Waals surface area contributed by atoms with Crippen LogP contribution in [-0.2, 0) is 9.84 Å². The van der Waals surface area contributed by atoms with Crippen molar-refractivity contribution in [3.05, 3.63) is 18.2 Å². The van der Waals surface area contributed by atoms with Crippen molar-refractivity contribution in [2.24, 2.45) is 0 Å². The highest BCUT2D eigenvalue weighted by atomic mass is 32.2. The number of sulfone groups is 1. The van der Waals surface area contributed by atoms with Crippen LogP contribution in [0, 0.1) is 0 Å². The molecule has 0 aromatic heterocycles. The zero-order valence-electron chi connectivity index (χ0n) is 10.6. The molecule has 0 unspecified atom stereocenters. The molecule has 96 valence electrons. The molecule has 0 heterocycles. The molecule has 0 atom stereocenters. The van der Waals surface area contributed by atoms with Gasteiger partial charge in [0.1, 0.15) is 0 Å². The van der Waals surface area contributed by atoms with Crippen LogP contribution in [0.2, 0.25) is 0 Å². The molecule has 4 nitrogen and oxygen atoms in total. The molecular weight excluding hydrogens is 236 g/mol. The van der Waals surface area contributed by atoms with Crippen LogP contribution in [0.5, 0.6) is 0 Å². The van der Waals surface area contributed by atoms with Gasteiger partial charge in [0.05, 0.1) is 16.3 Å². The molecule has 2 N–H and O–H groups in total. The Balaban J connectivity index is 3.13. The summed E-state index contributed by atoms with van der Waals surface area (Å²) in [6.07, 6.45) is 2.21. The fourth-order valence-corrected chi connectivity index (χ4v) is 2.43. The highest BCUT2D eigenvalue weighted by Crippen LogP contribution is 2.26. The van der Waals surface area contributed by atoms with E-state index in [1.165, 1.54) is 12.3 Å². The van der Waals surface area contributed by atoms with Gasteiger partial charge >= 0.3 is 0 Å². The van der Waals surface area contributed by atoms with Crippen LogP contribution in [0.15, 0.2) is 23.1 Å². The van der Waals surface area contributed by atoms with Gasteiger partial charge < -0.3 is 10.6 Å².